The summed E-state index contributed by atoms with van der Waals surface area (Å²) in [6.45, 7) is 0. The van der Waals surface area contributed by atoms with Gasteiger partial charge in [0.25, 0.3) is 0 Å². The molecule has 5 heteroatoms. The van der Waals surface area contributed by atoms with Crippen LogP contribution in [-0.2, 0) is 6.42 Å². The monoisotopic (exact) mass is 259 g/mol. The zero-order valence-corrected chi connectivity index (χ0v) is 10.3. The molecule has 0 amide bonds. The van der Waals surface area contributed by atoms with Gasteiger partial charge >= 0.3 is 0 Å². The molecule has 0 aromatic carbocycles. The number of nitrogens with zero attached hydrogens (tertiary/aromatic N) is 3. The largest absolute Gasteiger partial charge is 0.441 e. The number of rotatable bonds is 3. The van der Waals surface area contributed by atoms with E-state index in [4.69, 9.17) is 21.3 Å². The predicted octanol–water partition coefficient (Wildman–Crippen LogP) is 3.21. The molecule has 2 aromatic rings. The van der Waals surface area contributed by atoms with Crippen LogP contribution >= 0.6 is 11.6 Å². The minimum Gasteiger partial charge on any atom is -0.441 e. The van der Waals surface area contributed by atoms with Crippen LogP contribution in [-0.4, -0.2) is 9.97 Å². The maximum Gasteiger partial charge on any atom is 0.195 e. The summed E-state index contributed by atoms with van der Waals surface area (Å²) in [4.78, 5) is 8.21. The van der Waals surface area contributed by atoms with Gasteiger partial charge in [-0.2, -0.15) is 5.26 Å². The van der Waals surface area contributed by atoms with Crippen molar-refractivity contribution in [3.05, 3.63) is 35.1 Å². The van der Waals surface area contributed by atoms with Crippen molar-refractivity contribution in [3.8, 4) is 17.4 Å². The summed E-state index contributed by atoms with van der Waals surface area (Å²) in [5.41, 5.74) is 0.965. The zero-order chi connectivity index (χ0) is 12.5. The molecular formula is C13H10ClN3O. The van der Waals surface area contributed by atoms with Gasteiger partial charge in [-0.15, -0.1) is 0 Å². The normalized spacial score (nSPS) is 14.4. The first-order valence-electron chi connectivity index (χ1n) is 5.78. The van der Waals surface area contributed by atoms with Gasteiger partial charge in [-0.05, 0) is 30.9 Å². The fourth-order valence-corrected chi connectivity index (χ4v) is 2.03. The van der Waals surface area contributed by atoms with Gasteiger partial charge in [0.1, 0.15) is 16.9 Å². The van der Waals surface area contributed by atoms with E-state index < -0.39 is 0 Å². The fraction of sp³-hybridized carbons (Fsp3) is 0.308. The van der Waals surface area contributed by atoms with E-state index in [1.807, 2.05) is 6.07 Å². The van der Waals surface area contributed by atoms with Gasteiger partial charge in [0.05, 0.1) is 11.8 Å². The number of nitriles is 1. The van der Waals surface area contributed by atoms with Crippen molar-refractivity contribution in [1.82, 2.24) is 9.97 Å². The molecule has 2 aromatic heterocycles. The lowest BCUT2D eigenvalue weighted by Gasteiger charge is -1.99. The molecule has 1 saturated carbocycles. The molecule has 0 spiro atoms. The molecule has 18 heavy (non-hydrogen) atoms. The van der Waals surface area contributed by atoms with E-state index in [1.54, 1.807) is 18.3 Å². The van der Waals surface area contributed by atoms with Crippen molar-refractivity contribution in [2.75, 3.05) is 0 Å². The van der Waals surface area contributed by atoms with Crippen molar-refractivity contribution in [1.29, 1.82) is 5.26 Å². The maximum absolute atomic E-state index is 8.73. The molecular weight excluding hydrogens is 250 g/mol. The predicted molar refractivity (Wildman–Crippen MR) is 65.9 cm³/mol. The molecule has 0 aliphatic heterocycles. The SMILES string of the molecule is N#Cc1ccc(-c2cnc(CC3CC3)o2)c(Cl)n1. The van der Waals surface area contributed by atoms with Crippen molar-refractivity contribution in [3.63, 3.8) is 0 Å². The number of halogens is 1. The molecule has 4 nitrogen and oxygen atoms in total. The van der Waals surface area contributed by atoms with Gasteiger partial charge in [0.2, 0.25) is 0 Å². The first-order chi connectivity index (χ1) is 8.76. The van der Waals surface area contributed by atoms with E-state index in [1.165, 1.54) is 12.8 Å². The molecule has 0 radical (unpaired) electrons. The molecule has 2 heterocycles. The highest BCUT2D eigenvalue weighted by atomic mass is 35.5. The third kappa shape index (κ3) is 2.22. The molecule has 3 rings (SSSR count). The van der Waals surface area contributed by atoms with Crippen LogP contribution in [0.3, 0.4) is 0 Å². The van der Waals surface area contributed by atoms with Crippen LogP contribution in [0.4, 0.5) is 0 Å². The molecule has 0 atom stereocenters. The average molecular weight is 260 g/mol. The Kier molecular flexibility index (Phi) is 2.77. The minimum absolute atomic E-state index is 0.267. The summed E-state index contributed by atoms with van der Waals surface area (Å²) in [5, 5.41) is 8.99. The molecule has 0 bridgehead atoms. The Morgan fingerprint density at radius 3 is 2.94 bits per heavy atom. The van der Waals surface area contributed by atoms with E-state index in [2.05, 4.69) is 9.97 Å². The standard InChI is InChI=1S/C13H10ClN3O/c14-13-10(4-3-9(6-15)17-13)11-7-16-12(18-11)5-8-1-2-8/h3-4,7-8H,1-2,5H2. The molecule has 0 unspecified atom stereocenters. The lowest BCUT2D eigenvalue weighted by Crippen LogP contribution is -1.86. The highest BCUT2D eigenvalue weighted by Crippen LogP contribution is 2.34. The molecule has 1 aliphatic rings. The van der Waals surface area contributed by atoms with Crippen LogP contribution in [0, 0.1) is 17.2 Å². The molecule has 90 valence electrons. The van der Waals surface area contributed by atoms with Crippen LogP contribution in [0.15, 0.2) is 22.7 Å². The summed E-state index contributed by atoms with van der Waals surface area (Å²) in [6.07, 6.45) is 5.07. The van der Waals surface area contributed by atoms with E-state index >= 15 is 0 Å². The highest BCUT2D eigenvalue weighted by Gasteiger charge is 2.24. The Hall–Kier alpha value is -1.86. The average Bonchev–Trinajstić information content (AvgIpc) is 3.06. The van der Waals surface area contributed by atoms with Gasteiger partial charge in [-0.25, -0.2) is 9.97 Å². The molecule has 1 fully saturated rings. The van der Waals surface area contributed by atoms with E-state index in [0.29, 0.717) is 17.0 Å². The third-order valence-corrected chi connectivity index (χ3v) is 3.23. The first kappa shape index (κ1) is 11.2. The van der Waals surface area contributed by atoms with Gasteiger partial charge in [-0.1, -0.05) is 11.6 Å². The van der Waals surface area contributed by atoms with E-state index in [0.717, 1.165) is 18.2 Å². The molecule has 0 saturated heterocycles. The van der Waals surface area contributed by atoms with Crippen LogP contribution in [0.1, 0.15) is 24.4 Å². The second kappa shape index (κ2) is 4.43. The third-order valence-electron chi connectivity index (χ3n) is 2.94. The Bertz CT molecular complexity index is 625. The zero-order valence-electron chi connectivity index (χ0n) is 9.56. The Morgan fingerprint density at radius 2 is 2.28 bits per heavy atom. The van der Waals surface area contributed by atoms with Crippen molar-refractivity contribution in [2.45, 2.75) is 19.3 Å². The van der Waals surface area contributed by atoms with E-state index in [-0.39, 0.29) is 5.15 Å². The summed E-state index contributed by atoms with van der Waals surface area (Å²) in [7, 11) is 0. The van der Waals surface area contributed by atoms with Crippen molar-refractivity contribution in [2.24, 2.45) is 5.92 Å². The summed E-state index contributed by atoms with van der Waals surface area (Å²) >= 11 is 6.02. The van der Waals surface area contributed by atoms with Crippen LogP contribution < -0.4 is 0 Å². The number of hydrogen-bond donors (Lipinski definition) is 0. The van der Waals surface area contributed by atoms with Crippen molar-refractivity contribution >= 4 is 11.6 Å². The van der Waals surface area contributed by atoms with Crippen LogP contribution in [0.25, 0.3) is 11.3 Å². The van der Waals surface area contributed by atoms with Gasteiger partial charge < -0.3 is 4.42 Å². The van der Waals surface area contributed by atoms with Crippen molar-refractivity contribution < 1.29 is 4.42 Å². The number of aromatic nitrogens is 2. The second-order valence-corrected chi connectivity index (χ2v) is 4.77. The topological polar surface area (TPSA) is 62.7 Å². The van der Waals surface area contributed by atoms with E-state index in [9.17, 15) is 0 Å². The van der Waals surface area contributed by atoms with Gasteiger partial charge in [-0.3, -0.25) is 0 Å². The smallest absolute Gasteiger partial charge is 0.195 e. The Morgan fingerprint density at radius 1 is 1.44 bits per heavy atom. The number of pyridine rings is 1. The fourth-order valence-electron chi connectivity index (χ4n) is 1.78. The lowest BCUT2D eigenvalue weighted by atomic mass is 10.2. The minimum atomic E-state index is 0.267. The Balaban J connectivity index is 1.89. The number of hydrogen-bond acceptors (Lipinski definition) is 4. The van der Waals surface area contributed by atoms with Gasteiger partial charge in [0.15, 0.2) is 11.7 Å². The van der Waals surface area contributed by atoms with Crippen LogP contribution in [0.2, 0.25) is 5.15 Å². The van der Waals surface area contributed by atoms with Crippen LogP contribution in [0.5, 0.6) is 0 Å². The highest BCUT2D eigenvalue weighted by molar-refractivity contribution is 6.32. The van der Waals surface area contributed by atoms with Gasteiger partial charge in [0, 0.05) is 6.42 Å². The lowest BCUT2D eigenvalue weighted by molar-refractivity contribution is 0.493. The quantitative estimate of drug-likeness (QED) is 0.794. The Labute approximate surface area is 109 Å². The summed E-state index contributed by atoms with van der Waals surface area (Å²) < 4.78 is 5.66. The molecule has 1 aliphatic carbocycles. The summed E-state index contributed by atoms with van der Waals surface area (Å²) in [5.74, 6) is 2.08. The second-order valence-electron chi connectivity index (χ2n) is 4.41. The summed E-state index contributed by atoms with van der Waals surface area (Å²) in [6, 6.07) is 5.29. The number of oxazole rings is 1. The maximum atomic E-state index is 8.73. The molecule has 0 N–H and O–H groups in total. The first-order valence-corrected chi connectivity index (χ1v) is 6.16.